The van der Waals surface area contributed by atoms with Crippen molar-refractivity contribution >= 4 is 39.7 Å². The van der Waals surface area contributed by atoms with E-state index in [-0.39, 0.29) is 0 Å². The van der Waals surface area contributed by atoms with Gasteiger partial charge in [-0.05, 0) is 77.6 Å². The third-order valence-electron chi connectivity index (χ3n) is 12.4. The van der Waals surface area contributed by atoms with Crippen LogP contribution < -0.4 is 25.8 Å². The summed E-state index contributed by atoms with van der Waals surface area (Å²) >= 11 is 0. The second-order valence-corrected chi connectivity index (χ2v) is 15.6. The summed E-state index contributed by atoms with van der Waals surface area (Å²) in [7, 11) is 0. The molecule has 0 amide bonds. The predicted molar refractivity (Wildman–Crippen MR) is 243 cm³/mol. The van der Waals surface area contributed by atoms with Crippen LogP contribution in [-0.4, -0.2) is 6.28 Å². The van der Waals surface area contributed by atoms with Crippen molar-refractivity contribution in [2.45, 2.75) is 33.1 Å². The van der Waals surface area contributed by atoms with Gasteiger partial charge in [0.2, 0.25) is 0 Å². The monoisotopic (exact) mass is 758 g/mol. The van der Waals surface area contributed by atoms with E-state index in [1.807, 2.05) is 0 Å². The Morgan fingerprint density at radius 3 is 1.49 bits per heavy atom. The maximum atomic E-state index is 7.32. The molecule has 8 aromatic rings. The summed E-state index contributed by atoms with van der Waals surface area (Å²) in [5.74, 6) is 0. The minimum Gasteiger partial charge on any atom is -0.408 e. The second kappa shape index (κ2) is 14.8. The van der Waals surface area contributed by atoms with E-state index < -0.39 is 11.7 Å². The molecule has 1 aromatic heterocycles. The predicted octanol–water partition coefficient (Wildman–Crippen LogP) is 10.3. The van der Waals surface area contributed by atoms with Crippen molar-refractivity contribution < 1.29 is 4.48 Å². The highest BCUT2D eigenvalue weighted by molar-refractivity contribution is 7.07. The van der Waals surface area contributed by atoms with Crippen molar-refractivity contribution in [1.82, 2.24) is 0 Å². The standard InChI is InChI=1S/C50H37BN2.2C2H3N/c1-34-24-28-48-44(31-34)50(42-21-11-9-19-39(42)40-20-10-12-22-43(40)50)45-32-35(2)25-29-49(45)53(48)38-26-27-41-46(33-38)51(36-15-5-3-6-16-36,37-17-7-4-8-18-37)52-30-14-13-23-47(41)52;2*1-2-3/h3-33H,1-2H3;2*1H3. The lowest BCUT2D eigenvalue weighted by Crippen LogP contribution is -2.82. The molecule has 11 rings (SSSR count). The molecule has 7 aromatic carbocycles. The molecule has 0 bridgehead atoms. The van der Waals surface area contributed by atoms with Gasteiger partial charge in [0.05, 0.1) is 28.9 Å². The second-order valence-electron chi connectivity index (χ2n) is 15.6. The average Bonchev–Trinajstić information content (AvgIpc) is 3.74. The normalized spacial score (nSPS) is 13.6. The summed E-state index contributed by atoms with van der Waals surface area (Å²) in [5.41, 5.74) is 20.2. The molecule has 0 unspecified atom stereocenters. The first-order valence-corrected chi connectivity index (χ1v) is 20.2. The van der Waals surface area contributed by atoms with Crippen molar-refractivity contribution in [3.05, 3.63) is 222 Å². The summed E-state index contributed by atoms with van der Waals surface area (Å²) in [6, 6.07) is 72.0. The highest BCUT2D eigenvalue weighted by Crippen LogP contribution is 2.63. The quantitative estimate of drug-likeness (QED) is 0.169. The van der Waals surface area contributed by atoms with Crippen LogP contribution in [0.4, 0.5) is 17.1 Å². The Labute approximate surface area is 347 Å². The summed E-state index contributed by atoms with van der Waals surface area (Å²) in [6.45, 7) is 7.33. The summed E-state index contributed by atoms with van der Waals surface area (Å²) in [6.07, 6.45) is 0.734. The minimum atomic E-state index is -1.55. The van der Waals surface area contributed by atoms with Gasteiger partial charge < -0.3 is 9.38 Å². The SMILES string of the molecule is CC#N.CC#N.Cc1ccc2c(c1)C1(c3ccccc3-c3ccccc31)c1cc(C)ccc1N2c1ccc2c(c1)[B-](c1ccccc1)(c1ccccc1)[n+]1ccccc1-2. The number of hydrogen-bond donors (Lipinski definition) is 0. The van der Waals surface area contributed by atoms with Crippen molar-refractivity contribution in [3.8, 4) is 34.5 Å². The Hall–Kier alpha value is -7.47. The smallest absolute Gasteiger partial charge is 0.361 e. The van der Waals surface area contributed by atoms with Gasteiger partial charge in [0.25, 0.3) is 0 Å². The largest absolute Gasteiger partial charge is 0.408 e. The lowest BCUT2D eigenvalue weighted by atomic mass is 9.24. The van der Waals surface area contributed by atoms with Crippen LogP contribution in [0.1, 0.15) is 47.2 Å². The highest BCUT2D eigenvalue weighted by atomic mass is 15.2. The Morgan fingerprint density at radius 2 is 0.966 bits per heavy atom. The number of rotatable bonds is 3. The molecule has 0 saturated carbocycles. The first-order chi connectivity index (χ1) is 28.9. The summed E-state index contributed by atoms with van der Waals surface area (Å²) in [5, 5.41) is 14.6. The number of aryl methyl sites for hydroxylation is 2. The summed E-state index contributed by atoms with van der Waals surface area (Å²) < 4.78 is 2.55. The van der Waals surface area contributed by atoms with Gasteiger partial charge in [-0.15, -0.1) is 16.4 Å². The number of hydrogen-bond acceptors (Lipinski definition) is 3. The number of benzene rings is 7. The van der Waals surface area contributed by atoms with Gasteiger partial charge in [-0.25, -0.2) is 0 Å². The number of aromatic nitrogens is 1. The molecule has 4 nitrogen and oxygen atoms in total. The molecule has 3 heterocycles. The minimum absolute atomic E-state index is 0.447. The van der Waals surface area contributed by atoms with Crippen LogP contribution in [0, 0.1) is 36.5 Å². The van der Waals surface area contributed by atoms with E-state index in [0.29, 0.717) is 0 Å². The zero-order chi connectivity index (χ0) is 40.7. The Bertz CT molecular complexity index is 2820. The lowest BCUT2D eigenvalue weighted by molar-refractivity contribution is -0.524. The molecule has 282 valence electrons. The fourth-order valence-electron chi connectivity index (χ4n) is 10.4. The van der Waals surface area contributed by atoms with Crippen LogP contribution in [0.5, 0.6) is 0 Å². The van der Waals surface area contributed by atoms with Crippen LogP contribution in [0.15, 0.2) is 188 Å². The number of anilines is 3. The Kier molecular flexibility index (Phi) is 9.31. The van der Waals surface area contributed by atoms with Gasteiger partial charge in [0.1, 0.15) is 6.20 Å². The third-order valence-corrected chi connectivity index (χ3v) is 12.4. The van der Waals surface area contributed by atoms with Crippen molar-refractivity contribution in [1.29, 1.82) is 10.5 Å². The van der Waals surface area contributed by atoms with Crippen LogP contribution >= 0.6 is 0 Å². The van der Waals surface area contributed by atoms with E-state index in [0.717, 1.165) is 0 Å². The van der Waals surface area contributed by atoms with Crippen molar-refractivity contribution in [2.24, 2.45) is 0 Å². The molecule has 0 atom stereocenters. The summed E-state index contributed by atoms with van der Waals surface area (Å²) in [4.78, 5) is 2.54. The van der Waals surface area contributed by atoms with Gasteiger partial charge in [-0.1, -0.05) is 157 Å². The van der Waals surface area contributed by atoms with Gasteiger partial charge in [-0.3, -0.25) is 0 Å². The third kappa shape index (κ3) is 5.40. The molecule has 1 spiro atoms. The van der Waals surface area contributed by atoms with E-state index in [1.54, 1.807) is 12.1 Å². The maximum Gasteiger partial charge on any atom is 0.361 e. The first-order valence-electron chi connectivity index (χ1n) is 20.2. The van der Waals surface area contributed by atoms with Gasteiger partial charge in [-0.2, -0.15) is 10.5 Å². The highest BCUT2D eigenvalue weighted by Gasteiger charge is 2.53. The molecular weight excluding hydrogens is 715 g/mol. The molecule has 0 fully saturated rings. The molecule has 0 saturated heterocycles. The molecule has 0 N–H and O–H groups in total. The number of fused-ring (bicyclic) bond motifs is 12. The number of pyridine rings is 1. The van der Waals surface area contributed by atoms with Gasteiger partial charge in [0.15, 0.2) is 5.69 Å². The molecule has 5 heteroatoms. The first kappa shape index (κ1) is 37.1. The van der Waals surface area contributed by atoms with Crippen LogP contribution in [0.2, 0.25) is 0 Å². The molecule has 0 radical (unpaired) electrons. The fraction of sp³-hybridized carbons (Fsp3) is 0.0926. The number of nitriles is 2. The zero-order valence-electron chi connectivity index (χ0n) is 33.8. The Balaban J connectivity index is 0.000000708. The average molecular weight is 759 g/mol. The Morgan fingerprint density at radius 1 is 0.492 bits per heavy atom. The molecule has 3 aliphatic rings. The van der Waals surface area contributed by atoms with E-state index in [4.69, 9.17) is 10.5 Å². The molecular formula is C54H43BN4. The fourth-order valence-corrected chi connectivity index (χ4v) is 10.4. The van der Waals surface area contributed by atoms with Crippen LogP contribution in [0.3, 0.4) is 0 Å². The van der Waals surface area contributed by atoms with E-state index in [9.17, 15) is 0 Å². The van der Waals surface area contributed by atoms with Crippen LogP contribution in [-0.2, 0) is 5.41 Å². The maximum absolute atomic E-state index is 7.32. The van der Waals surface area contributed by atoms with Crippen molar-refractivity contribution in [2.75, 3.05) is 4.90 Å². The molecule has 59 heavy (non-hydrogen) atoms. The number of nitrogens with zero attached hydrogens (tertiary/aromatic N) is 4. The topological polar surface area (TPSA) is 54.7 Å². The van der Waals surface area contributed by atoms with Crippen molar-refractivity contribution in [3.63, 3.8) is 0 Å². The van der Waals surface area contributed by atoms with E-state index >= 15 is 0 Å². The van der Waals surface area contributed by atoms with Gasteiger partial charge in [0, 0.05) is 31.2 Å². The van der Waals surface area contributed by atoms with Gasteiger partial charge >= 0.3 is 6.28 Å². The molecule has 2 aliphatic heterocycles. The van der Waals surface area contributed by atoms with E-state index in [2.05, 4.69) is 211 Å². The zero-order valence-corrected chi connectivity index (χ0v) is 33.8. The van der Waals surface area contributed by atoms with Crippen LogP contribution in [0.25, 0.3) is 22.4 Å². The molecule has 1 aliphatic carbocycles. The lowest BCUT2D eigenvalue weighted by Gasteiger charge is -2.45. The van der Waals surface area contributed by atoms with E-state index in [1.165, 1.54) is 103 Å².